The zero-order valence-corrected chi connectivity index (χ0v) is 32.1. The maximum Gasteiger partial charge on any atom is 0.343 e. The molecular weight excluding hydrogens is 582 g/mol. The van der Waals surface area contributed by atoms with Gasteiger partial charge >= 0.3 is 11.9 Å². The molecule has 1 rings (SSSR count). The normalized spacial score (nSPS) is 17.0. The Balaban J connectivity index is 4.71. The third-order valence-electron chi connectivity index (χ3n) is 7.24. The first-order valence-corrected chi connectivity index (χ1v) is 18.7. The largest absolute Gasteiger partial charge is 0.465 e. The van der Waals surface area contributed by atoms with E-state index in [4.69, 9.17) is 19.0 Å². The van der Waals surface area contributed by atoms with Gasteiger partial charge in [0, 0.05) is 48.3 Å². The first-order valence-electron chi connectivity index (χ1n) is 15.8. The number of hydrogen-bond donors (Lipinski definition) is 0. The van der Waals surface area contributed by atoms with Crippen molar-refractivity contribution in [2.24, 2.45) is 9.51 Å². The number of esters is 2. The van der Waals surface area contributed by atoms with Crippen molar-refractivity contribution in [2.45, 2.75) is 159 Å². The Bertz CT molecular complexity index is 1010. The first-order chi connectivity index (χ1) is 19.7. The van der Waals surface area contributed by atoms with Crippen molar-refractivity contribution in [3.8, 4) is 0 Å². The number of carbonyl (C=O) groups excluding carboxylic acids is 2. The smallest absolute Gasteiger partial charge is 0.343 e. The van der Waals surface area contributed by atoms with Gasteiger partial charge in [0.25, 0.3) is 0 Å². The molecule has 0 aromatic rings. The van der Waals surface area contributed by atoms with Crippen LogP contribution in [0.15, 0.2) is 20.4 Å². The summed E-state index contributed by atoms with van der Waals surface area (Å²) in [6.45, 7) is 34.3. The predicted molar refractivity (Wildman–Crippen MR) is 183 cm³/mol. The third kappa shape index (κ3) is 8.37. The second-order valence-corrected chi connectivity index (χ2v) is 17.7. The molecule has 0 atom stereocenters. The van der Waals surface area contributed by atoms with Crippen molar-refractivity contribution >= 4 is 33.5 Å². The van der Waals surface area contributed by atoms with Crippen LogP contribution in [-0.4, -0.2) is 99.0 Å². The van der Waals surface area contributed by atoms with Crippen LogP contribution in [0.1, 0.15) is 111 Å². The van der Waals surface area contributed by atoms with E-state index in [0.29, 0.717) is 0 Å². The summed E-state index contributed by atoms with van der Waals surface area (Å²) in [5.74, 6) is -0.915. The Hall–Kier alpha value is -1.15. The zero-order valence-electron chi connectivity index (χ0n) is 30.3. The highest BCUT2D eigenvalue weighted by Crippen LogP contribution is 2.70. The summed E-state index contributed by atoms with van der Waals surface area (Å²) in [5.41, 5.74) is 0.118. The summed E-state index contributed by atoms with van der Waals surface area (Å²) in [6.07, 6.45) is 0. The molecule has 0 N–H and O–H groups in total. The molecule has 0 saturated heterocycles. The van der Waals surface area contributed by atoms with Gasteiger partial charge < -0.3 is 9.47 Å². The highest BCUT2D eigenvalue weighted by Gasteiger charge is 2.53. The fraction of sp³-hybridized carbons (Fsp3) is 0.839. The maximum atomic E-state index is 14.0. The van der Waals surface area contributed by atoms with E-state index in [9.17, 15) is 9.59 Å². The van der Waals surface area contributed by atoms with Gasteiger partial charge in [0.15, 0.2) is 14.2 Å². The summed E-state index contributed by atoms with van der Waals surface area (Å²) < 4.78 is 31.3. The number of ether oxygens (including phenoxy) is 2. The Labute approximate surface area is 264 Å². The summed E-state index contributed by atoms with van der Waals surface area (Å²) >= 11 is 0. The topological polar surface area (TPSA) is 90.3 Å². The Morgan fingerprint density at radius 3 is 1.19 bits per heavy atom. The lowest BCUT2D eigenvalue weighted by molar-refractivity contribution is -0.138. The molecule has 0 radical (unpaired) electrons. The van der Waals surface area contributed by atoms with Crippen LogP contribution in [0.2, 0.25) is 0 Å². The van der Waals surface area contributed by atoms with Crippen molar-refractivity contribution in [2.75, 3.05) is 14.2 Å². The second-order valence-electron chi connectivity index (χ2n) is 13.3. The molecule has 10 nitrogen and oxygen atoms in total. The van der Waals surface area contributed by atoms with Gasteiger partial charge in [0.1, 0.15) is 18.2 Å². The van der Waals surface area contributed by atoms with Gasteiger partial charge in [-0.15, -0.1) is 0 Å². The minimum atomic E-state index is -3.13. The average molecular weight is 645 g/mol. The van der Waals surface area contributed by atoms with Crippen LogP contribution in [-0.2, 0) is 19.1 Å². The lowest BCUT2D eigenvalue weighted by Gasteiger charge is -2.50. The number of hydrogen-bond acceptors (Lipinski definition) is 9. The molecule has 250 valence electrons. The van der Waals surface area contributed by atoms with Crippen LogP contribution in [0.5, 0.6) is 0 Å². The van der Waals surface area contributed by atoms with Crippen molar-refractivity contribution in [3.05, 3.63) is 10.9 Å². The Kier molecular flexibility index (Phi) is 15.2. The number of amidine groups is 1. The fourth-order valence-electron chi connectivity index (χ4n) is 6.43. The number of nitrogens with zero attached hydrogens (tertiary/aromatic N) is 6. The Morgan fingerprint density at radius 2 is 0.930 bits per heavy atom. The molecule has 0 bridgehead atoms. The average Bonchev–Trinajstić information content (AvgIpc) is 3.15. The third-order valence-corrected chi connectivity index (χ3v) is 14.9. The molecule has 0 fully saturated rings. The quantitative estimate of drug-likeness (QED) is 0.132. The lowest BCUT2D eigenvalue weighted by Crippen LogP contribution is -2.46. The molecule has 0 saturated carbocycles. The van der Waals surface area contributed by atoms with Crippen LogP contribution < -0.4 is 0 Å². The summed E-state index contributed by atoms with van der Waals surface area (Å²) in [6, 6.07) is 0.703. The van der Waals surface area contributed by atoms with E-state index in [1.54, 1.807) is 0 Å². The SMILES string of the molecule is COC(=O)C1=C(C(=O)OC)P(N(C(C)C)C(C)C)(N(C(C)C)C(C)C)=N/C1=N\P(N(C(C)C)C(C)C)N(C(C)C)C(C)C. The van der Waals surface area contributed by atoms with E-state index in [1.165, 1.54) is 14.2 Å². The van der Waals surface area contributed by atoms with Gasteiger partial charge in [-0.05, 0) is 111 Å². The second kappa shape index (κ2) is 16.4. The van der Waals surface area contributed by atoms with Crippen LogP contribution in [0.4, 0.5) is 0 Å². The number of rotatable bonds is 15. The van der Waals surface area contributed by atoms with Gasteiger partial charge in [-0.2, -0.15) is 0 Å². The molecule has 0 aromatic carbocycles. The van der Waals surface area contributed by atoms with Crippen LogP contribution in [0, 0.1) is 0 Å². The predicted octanol–water partition coefficient (Wildman–Crippen LogP) is 7.73. The molecule has 1 aliphatic heterocycles. The van der Waals surface area contributed by atoms with E-state index in [-0.39, 0.29) is 65.1 Å². The molecule has 0 aliphatic carbocycles. The van der Waals surface area contributed by atoms with E-state index < -0.39 is 27.7 Å². The summed E-state index contributed by atoms with van der Waals surface area (Å²) in [4.78, 5) is 27.9. The maximum absolute atomic E-state index is 14.0. The van der Waals surface area contributed by atoms with Gasteiger partial charge in [0.05, 0.1) is 14.2 Å². The van der Waals surface area contributed by atoms with Crippen molar-refractivity contribution in [1.29, 1.82) is 0 Å². The van der Waals surface area contributed by atoms with Crippen LogP contribution in [0.3, 0.4) is 0 Å². The van der Waals surface area contributed by atoms with E-state index in [2.05, 4.69) is 129 Å². The molecule has 0 amide bonds. The minimum absolute atomic E-state index is 0.00199. The molecule has 0 spiro atoms. The monoisotopic (exact) mass is 644 g/mol. The summed E-state index contributed by atoms with van der Waals surface area (Å²) in [7, 11) is -1.77. The van der Waals surface area contributed by atoms with Crippen molar-refractivity contribution in [1.82, 2.24) is 18.7 Å². The molecular formula is C31H62N6O4P2. The van der Waals surface area contributed by atoms with Gasteiger partial charge in [-0.25, -0.2) is 37.8 Å². The molecule has 43 heavy (non-hydrogen) atoms. The molecule has 1 aliphatic rings. The Morgan fingerprint density at radius 1 is 0.605 bits per heavy atom. The zero-order chi connectivity index (χ0) is 33.7. The van der Waals surface area contributed by atoms with E-state index in [1.807, 2.05) is 0 Å². The molecule has 0 unspecified atom stereocenters. The van der Waals surface area contributed by atoms with Crippen LogP contribution in [0.25, 0.3) is 0 Å². The van der Waals surface area contributed by atoms with Crippen LogP contribution >= 0.6 is 15.7 Å². The molecule has 12 heteroatoms. The van der Waals surface area contributed by atoms with Crippen molar-refractivity contribution in [3.63, 3.8) is 0 Å². The summed E-state index contributed by atoms with van der Waals surface area (Å²) in [5, 5.41) is 0.265. The van der Waals surface area contributed by atoms with Crippen molar-refractivity contribution < 1.29 is 19.1 Å². The molecule has 1 heterocycles. The fourth-order valence-corrected chi connectivity index (χ4v) is 13.7. The highest BCUT2D eigenvalue weighted by molar-refractivity contribution is 7.68. The van der Waals surface area contributed by atoms with E-state index in [0.717, 1.165) is 0 Å². The number of methoxy groups -OCH3 is 2. The molecule has 0 aromatic heterocycles. The minimum Gasteiger partial charge on any atom is -0.465 e. The lowest BCUT2D eigenvalue weighted by atomic mass is 10.2. The highest BCUT2D eigenvalue weighted by atomic mass is 31.2. The van der Waals surface area contributed by atoms with E-state index >= 15 is 0 Å². The van der Waals surface area contributed by atoms with Gasteiger partial charge in [0.2, 0.25) is 0 Å². The van der Waals surface area contributed by atoms with Gasteiger partial charge in [-0.1, -0.05) is 0 Å². The van der Waals surface area contributed by atoms with Gasteiger partial charge in [-0.3, -0.25) is 0 Å². The number of carbonyl (C=O) groups is 2. The standard InChI is InChI=1S/C31H62N6O4P2/c1-19(2)34(20(3)4)42(35(21(5)6)22(7)8)32-29-27(30(38)40-17)28(31(39)41-18)43(33-29,36(23(9)10)24(11)12)37(25(13)14)26(15)16/h19-26H,1-18H3/b32-29-. The first kappa shape index (κ1) is 39.9.